The van der Waals surface area contributed by atoms with Crippen LogP contribution in [0.2, 0.25) is 0 Å². The van der Waals surface area contributed by atoms with Gasteiger partial charge in [0.15, 0.2) is 11.4 Å². The normalized spacial score (nSPS) is 14.4. The van der Waals surface area contributed by atoms with Gasteiger partial charge in [-0.15, -0.1) is 0 Å². The Morgan fingerprint density at radius 2 is 2.00 bits per heavy atom. The summed E-state index contributed by atoms with van der Waals surface area (Å²) in [6.45, 7) is 1.87. The Kier molecular flexibility index (Phi) is 3.99. The van der Waals surface area contributed by atoms with Gasteiger partial charge in [-0.2, -0.15) is 0 Å². The average molecular weight is 295 g/mol. The molecule has 8 heteroatoms. The van der Waals surface area contributed by atoms with Gasteiger partial charge in [0.2, 0.25) is 5.43 Å². The minimum absolute atomic E-state index is 0.144. The molecule has 114 valence electrons. The summed E-state index contributed by atoms with van der Waals surface area (Å²) < 4.78 is 1.33. The quantitative estimate of drug-likeness (QED) is 0.759. The highest BCUT2D eigenvalue weighted by Gasteiger charge is 2.30. The summed E-state index contributed by atoms with van der Waals surface area (Å²) in [6.07, 6.45) is 1.11. The van der Waals surface area contributed by atoms with Gasteiger partial charge >= 0.3 is 5.97 Å². The molecule has 1 aliphatic rings. The number of carboxylic acid groups (broad SMARTS) is 1. The number of carbonyl (C=O) groups is 2. The molecule has 21 heavy (non-hydrogen) atoms. The van der Waals surface area contributed by atoms with Gasteiger partial charge in [0, 0.05) is 32.4 Å². The van der Waals surface area contributed by atoms with Crippen molar-refractivity contribution in [3.05, 3.63) is 27.7 Å². The van der Waals surface area contributed by atoms with E-state index in [9.17, 15) is 19.5 Å². The van der Waals surface area contributed by atoms with E-state index >= 15 is 0 Å². The predicted molar refractivity (Wildman–Crippen MR) is 73.8 cm³/mol. The topological polar surface area (TPSA) is 103 Å². The van der Waals surface area contributed by atoms with Crippen LogP contribution in [0.15, 0.2) is 11.0 Å². The van der Waals surface area contributed by atoms with Crippen LogP contribution < -0.4 is 5.43 Å². The van der Waals surface area contributed by atoms with Crippen LogP contribution in [-0.2, 0) is 6.54 Å². The van der Waals surface area contributed by atoms with Crippen LogP contribution in [0.3, 0.4) is 0 Å². The molecule has 1 aliphatic heterocycles. The van der Waals surface area contributed by atoms with Crippen LogP contribution in [0, 0.1) is 0 Å². The monoisotopic (exact) mass is 295 g/mol. The van der Waals surface area contributed by atoms with Gasteiger partial charge in [-0.05, 0) is 14.1 Å². The van der Waals surface area contributed by atoms with Gasteiger partial charge in [0.25, 0.3) is 5.91 Å². The molecule has 0 radical (unpaired) electrons. The molecule has 1 aromatic heterocycles. The minimum Gasteiger partial charge on any atom is -0.503 e. The maximum Gasteiger partial charge on any atom is 0.341 e. The Balaban J connectivity index is 2.40. The first-order valence-corrected chi connectivity index (χ1v) is 6.46. The van der Waals surface area contributed by atoms with E-state index in [1.165, 1.54) is 9.47 Å². The van der Waals surface area contributed by atoms with E-state index in [-0.39, 0.29) is 5.69 Å². The summed E-state index contributed by atoms with van der Waals surface area (Å²) in [6, 6.07) is 0. The molecule has 0 saturated heterocycles. The van der Waals surface area contributed by atoms with E-state index in [4.69, 9.17) is 5.11 Å². The number of nitrogens with zero attached hydrogens (tertiary/aromatic N) is 3. The lowest BCUT2D eigenvalue weighted by molar-refractivity contribution is 0.0664. The maximum absolute atomic E-state index is 12.3. The lowest BCUT2D eigenvalue weighted by Gasteiger charge is -2.31. The first-order chi connectivity index (χ1) is 9.82. The third-order valence-electron chi connectivity index (χ3n) is 3.40. The molecule has 0 bridgehead atoms. The molecule has 1 aromatic rings. The summed E-state index contributed by atoms with van der Waals surface area (Å²) in [5.74, 6) is -2.68. The largest absolute Gasteiger partial charge is 0.503 e. The lowest BCUT2D eigenvalue weighted by atomic mass is 10.1. The number of aromatic carboxylic acids is 1. The molecule has 0 unspecified atom stereocenters. The highest BCUT2D eigenvalue weighted by Crippen LogP contribution is 2.20. The predicted octanol–water partition coefficient (Wildman–Crippen LogP) is -0.731. The number of likely N-dealkylation sites (N-methyl/N-ethyl adjacent to an activating group) is 1. The Hall–Kier alpha value is -2.35. The van der Waals surface area contributed by atoms with Crippen molar-refractivity contribution in [1.29, 1.82) is 0 Å². The average Bonchev–Trinajstić information content (AvgIpc) is 2.41. The van der Waals surface area contributed by atoms with Crippen LogP contribution >= 0.6 is 0 Å². The van der Waals surface area contributed by atoms with E-state index < -0.39 is 28.6 Å². The SMILES string of the molecule is CN(C)CCN1CCn2cc(C(=O)O)c(=O)c(O)c2C1=O. The fourth-order valence-electron chi connectivity index (χ4n) is 2.22. The van der Waals surface area contributed by atoms with Crippen molar-refractivity contribution in [1.82, 2.24) is 14.4 Å². The molecule has 2 rings (SSSR count). The van der Waals surface area contributed by atoms with Crippen LogP contribution in [0.25, 0.3) is 0 Å². The Morgan fingerprint density at radius 3 is 2.57 bits per heavy atom. The number of carboxylic acids is 1. The summed E-state index contributed by atoms with van der Waals surface area (Å²) in [5.41, 5.74) is -1.71. The van der Waals surface area contributed by atoms with E-state index in [1.54, 1.807) is 0 Å². The lowest BCUT2D eigenvalue weighted by Crippen LogP contribution is -2.44. The first-order valence-electron chi connectivity index (χ1n) is 6.46. The Morgan fingerprint density at radius 1 is 1.33 bits per heavy atom. The number of aromatic hydroxyl groups is 1. The number of pyridine rings is 1. The van der Waals surface area contributed by atoms with Crippen LogP contribution in [0.1, 0.15) is 20.8 Å². The Labute approximate surface area is 120 Å². The zero-order chi connectivity index (χ0) is 15.7. The smallest absolute Gasteiger partial charge is 0.341 e. The van der Waals surface area contributed by atoms with Gasteiger partial charge in [-0.3, -0.25) is 9.59 Å². The minimum atomic E-state index is -1.42. The highest BCUT2D eigenvalue weighted by molar-refractivity contribution is 5.97. The number of fused-ring (bicyclic) bond motifs is 1. The maximum atomic E-state index is 12.3. The Bertz CT molecular complexity index is 650. The van der Waals surface area contributed by atoms with E-state index in [2.05, 4.69) is 0 Å². The van der Waals surface area contributed by atoms with Crippen LogP contribution in [0.5, 0.6) is 5.75 Å². The van der Waals surface area contributed by atoms with E-state index in [0.29, 0.717) is 26.2 Å². The number of hydrogen-bond acceptors (Lipinski definition) is 5. The first kappa shape index (κ1) is 15.0. The van der Waals surface area contributed by atoms with E-state index in [0.717, 1.165) is 6.20 Å². The van der Waals surface area contributed by atoms with Crippen molar-refractivity contribution in [3.8, 4) is 5.75 Å². The van der Waals surface area contributed by atoms with Crippen molar-refractivity contribution in [2.75, 3.05) is 33.7 Å². The van der Waals surface area contributed by atoms with Crippen molar-refractivity contribution in [2.45, 2.75) is 6.54 Å². The second-order valence-electron chi connectivity index (χ2n) is 5.16. The number of aromatic nitrogens is 1. The third kappa shape index (κ3) is 2.75. The van der Waals surface area contributed by atoms with Gasteiger partial charge in [0.05, 0.1) is 0 Å². The molecule has 8 nitrogen and oxygen atoms in total. The van der Waals surface area contributed by atoms with Gasteiger partial charge < -0.3 is 24.6 Å². The molecule has 0 atom stereocenters. The summed E-state index contributed by atoms with van der Waals surface area (Å²) in [5, 5.41) is 18.8. The highest BCUT2D eigenvalue weighted by atomic mass is 16.4. The van der Waals surface area contributed by atoms with Crippen molar-refractivity contribution in [3.63, 3.8) is 0 Å². The molecule has 0 aliphatic carbocycles. The molecule has 0 fully saturated rings. The van der Waals surface area contributed by atoms with Crippen molar-refractivity contribution in [2.24, 2.45) is 0 Å². The zero-order valence-corrected chi connectivity index (χ0v) is 11.9. The third-order valence-corrected chi connectivity index (χ3v) is 3.40. The number of amides is 1. The van der Waals surface area contributed by atoms with Crippen molar-refractivity contribution < 1.29 is 19.8 Å². The van der Waals surface area contributed by atoms with Crippen LogP contribution in [-0.4, -0.2) is 70.2 Å². The summed E-state index contributed by atoms with van der Waals surface area (Å²) >= 11 is 0. The fourth-order valence-corrected chi connectivity index (χ4v) is 2.22. The van der Waals surface area contributed by atoms with Gasteiger partial charge in [-0.1, -0.05) is 0 Å². The molecular weight excluding hydrogens is 278 g/mol. The van der Waals surface area contributed by atoms with Gasteiger partial charge in [0.1, 0.15) is 5.56 Å². The molecule has 2 heterocycles. The number of rotatable bonds is 4. The summed E-state index contributed by atoms with van der Waals surface area (Å²) in [4.78, 5) is 38.5. The molecule has 0 spiro atoms. The van der Waals surface area contributed by atoms with Crippen LogP contribution in [0.4, 0.5) is 0 Å². The van der Waals surface area contributed by atoms with Gasteiger partial charge in [-0.25, -0.2) is 4.79 Å². The molecule has 0 saturated carbocycles. The second-order valence-corrected chi connectivity index (χ2v) is 5.16. The molecular formula is C13H17N3O5. The molecule has 2 N–H and O–H groups in total. The fraction of sp³-hybridized carbons (Fsp3) is 0.462. The number of carbonyl (C=O) groups excluding carboxylic acids is 1. The van der Waals surface area contributed by atoms with E-state index in [1.807, 2.05) is 19.0 Å². The summed E-state index contributed by atoms with van der Waals surface area (Å²) in [7, 11) is 3.76. The standard InChI is InChI=1S/C13H17N3O5/c1-14(2)3-4-15-5-6-16-7-8(13(20)21)10(17)11(18)9(16)12(15)19/h7,18H,3-6H2,1-2H3,(H,20,21). The molecule has 1 amide bonds. The zero-order valence-electron chi connectivity index (χ0n) is 11.9. The second kappa shape index (κ2) is 5.57. The number of hydrogen-bond donors (Lipinski definition) is 2. The molecule has 0 aromatic carbocycles. The van der Waals surface area contributed by atoms with Crippen molar-refractivity contribution >= 4 is 11.9 Å².